The molecular weight excluding hydrogens is 354 g/mol. The molecule has 146 valence electrons. The second kappa shape index (κ2) is 7.72. The van der Waals surface area contributed by atoms with E-state index in [4.69, 9.17) is 0 Å². The molecule has 1 atom stereocenters. The maximum atomic E-state index is 12.6. The first kappa shape index (κ1) is 19.4. The number of amides is 1. The zero-order chi connectivity index (χ0) is 20.4. The topological polar surface area (TPSA) is 59.5 Å². The van der Waals surface area contributed by atoms with Gasteiger partial charge in [-0.15, -0.1) is 5.10 Å². The molecule has 0 spiro atoms. The smallest absolute Gasteiger partial charge is 0.240 e. The SMILES string of the molecule is CC(=O)C1=NN(c2ccccc2)[C@H](c2ccc(N(C)C)cc2)N(C(C)=O)N1C. The highest BCUT2D eigenvalue weighted by Crippen LogP contribution is 2.35. The summed E-state index contributed by atoms with van der Waals surface area (Å²) in [4.78, 5) is 26.8. The molecule has 0 saturated carbocycles. The molecule has 0 saturated heterocycles. The molecule has 1 amide bonds. The number of benzene rings is 2. The van der Waals surface area contributed by atoms with E-state index in [0.717, 1.165) is 16.9 Å². The summed E-state index contributed by atoms with van der Waals surface area (Å²) in [5.74, 6) is -0.185. The maximum Gasteiger partial charge on any atom is 0.240 e. The van der Waals surface area contributed by atoms with Crippen LogP contribution in [0.4, 0.5) is 11.4 Å². The van der Waals surface area contributed by atoms with Crippen molar-refractivity contribution in [1.29, 1.82) is 0 Å². The highest BCUT2D eigenvalue weighted by Gasteiger charge is 2.39. The summed E-state index contributed by atoms with van der Waals surface area (Å²) in [6.45, 7) is 2.94. The van der Waals surface area contributed by atoms with E-state index >= 15 is 0 Å². The predicted octanol–water partition coefficient (Wildman–Crippen LogP) is 2.87. The van der Waals surface area contributed by atoms with Crippen LogP contribution in [-0.4, -0.2) is 48.7 Å². The predicted molar refractivity (Wildman–Crippen MR) is 111 cm³/mol. The molecule has 0 radical (unpaired) electrons. The van der Waals surface area contributed by atoms with Gasteiger partial charge in [-0.25, -0.2) is 10.0 Å². The number of hydrogen-bond donors (Lipinski definition) is 0. The van der Waals surface area contributed by atoms with Crippen molar-refractivity contribution in [3.63, 3.8) is 0 Å². The molecule has 28 heavy (non-hydrogen) atoms. The van der Waals surface area contributed by atoms with Crippen LogP contribution in [0.2, 0.25) is 0 Å². The highest BCUT2D eigenvalue weighted by molar-refractivity contribution is 6.38. The fourth-order valence-electron chi connectivity index (χ4n) is 3.28. The van der Waals surface area contributed by atoms with Gasteiger partial charge in [0.25, 0.3) is 0 Å². The summed E-state index contributed by atoms with van der Waals surface area (Å²) in [5, 5.41) is 9.42. The Hall–Kier alpha value is -3.35. The van der Waals surface area contributed by atoms with Gasteiger partial charge >= 0.3 is 0 Å². The Morgan fingerprint density at radius 3 is 2.07 bits per heavy atom. The van der Waals surface area contributed by atoms with Gasteiger partial charge in [0, 0.05) is 40.7 Å². The second-order valence-electron chi connectivity index (χ2n) is 6.91. The first-order valence-electron chi connectivity index (χ1n) is 9.06. The van der Waals surface area contributed by atoms with Gasteiger partial charge in [0.1, 0.15) is 0 Å². The summed E-state index contributed by atoms with van der Waals surface area (Å²) in [5.41, 5.74) is 2.74. The number of para-hydroxylation sites is 1. The summed E-state index contributed by atoms with van der Waals surface area (Å²) in [6, 6.07) is 17.5. The highest BCUT2D eigenvalue weighted by atomic mass is 16.2. The Morgan fingerprint density at radius 1 is 0.964 bits per heavy atom. The van der Waals surface area contributed by atoms with Gasteiger partial charge in [-0.05, 0) is 29.8 Å². The number of hydrogen-bond acceptors (Lipinski definition) is 6. The number of nitrogens with zero attached hydrogens (tertiary/aromatic N) is 5. The third-order valence-corrected chi connectivity index (χ3v) is 4.66. The molecule has 1 aliphatic heterocycles. The molecule has 0 aromatic heterocycles. The maximum absolute atomic E-state index is 12.6. The minimum atomic E-state index is -0.510. The molecule has 3 rings (SSSR count). The summed E-state index contributed by atoms with van der Waals surface area (Å²) in [6.07, 6.45) is -0.510. The molecule has 7 heteroatoms. The van der Waals surface area contributed by atoms with Gasteiger partial charge in [-0.1, -0.05) is 30.3 Å². The molecule has 0 unspecified atom stereocenters. The van der Waals surface area contributed by atoms with Crippen molar-refractivity contribution in [2.75, 3.05) is 31.1 Å². The van der Waals surface area contributed by atoms with Crippen LogP contribution in [0.3, 0.4) is 0 Å². The Kier molecular flexibility index (Phi) is 5.35. The summed E-state index contributed by atoms with van der Waals surface area (Å²) in [7, 11) is 5.64. The minimum absolute atomic E-state index is 0.182. The first-order chi connectivity index (χ1) is 13.3. The van der Waals surface area contributed by atoms with Crippen molar-refractivity contribution in [2.24, 2.45) is 5.10 Å². The van der Waals surface area contributed by atoms with Crippen LogP contribution >= 0.6 is 0 Å². The molecule has 1 aliphatic rings. The number of rotatable bonds is 4. The number of carbonyl (C=O) groups is 2. The minimum Gasteiger partial charge on any atom is -0.378 e. The molecule has 2 aromatic rings. The number of Topliss-reactive ketones (excluding diaryl/α,β-unsaturated/α-hetero) is 1. The van der Waals surface area contributed by atoms with Crippen molar-refractivity contribution in [3.05, 3.63) is 60.2 Å². The largest absolute Gasteiger partial charge is 0.378 e. The summed E-state index contributed by atoms with van der Waals surface area (Å²) < 4.78 is 0. The molecule has 0 aliphatic carbocycles. The van der Waals surface area contributed by atoms with Gasteiger partial charge in [0.15, 0.2) is 11.9 Å². The Morgan fingerprint density at radius 2 is 1.57 bits per heavy atom. The lowest BCUT2D eigenvalue weighted by Crippen LogP contribution is -2.58. The van der Waals surface area contributed by atoms with Crippen LogP contribution in [-0.2, 0) is 9.59 Å². The number of hydrazine groups is 1. The number of amidine groups is 1. The lowest BCUT2D eigenvalue weighted by molar-refractivity contribution is -0.145. The van der Waals surface area contributed by atoms with Crippen molar-refractivity contribution < 1.29 is 9.59 Å². The van der Waals surface area contributed by atoms with Crippen molar-refractivity contribution in [2.45, 2.75) is 20.0 Å². The third-order valence-electron chi connectivity index (χ3n) is 4.66. The van der Waals surface area contributed by atoms with Crippen LogP contribution in [0.25, 0.3) is 0 Å². The standard InChI is InChI=1S/C21H25N5O2/c1-15(27)20-22-25(19-9-7-6-8-10-19)21(26(16(2)28)24(20)5)17-11-13-18(14-12-17)23(3)4/h6-14,21H,1-5H3/t21-/m0/s1. The van der Waals surface area contributed by atoms with Crippen LogP contribution in [0.5, 0.6) is 0 Å². The van der Waals surface area contributed by atoms with Crippen molar-refractivity contribution in [1.82, 2.24) is 10.0 Å². The second-order valence-corrected chi connectivity index (χ2v) is 6.91. The number of carbonyl (C=O) groups excluding carboxylic acids is 2. The Labute approximate surface area is 165 Å². The van der Waals surface area contributed by atoms with Gasteiger partial charge < -0.3 is 4.90 Å². The molecule has 1 heterocycles. The summed E-state index contributed by atoms with van der Waals surface area (Å²) >= 11 is 0. The van der Waals surface area contributed by atoms with Crippen LogP contribution < -0.4 is 9.91 Å². The first-order valence-corrected chi connectivity index (χ1v) is 9.06. The number of likely N-dealkylation sites (N-methyl/N-ethyl adjacent to an activating group) is 1. The molecule has 0 bridgehead atoms. The van der Waals surface area contributed by atoms with Crippen LogP contribution in [0, 0.1) is 0 Å². The van der Waals surface area contributed by atoms with Crippen LogP contribution in [0.1, 0.15) is 25.6 Å². The zero-order valence-corrected chi connectivity index (χ0v) is 16.8. The quantitative estimate of drug-likeness (QED) is 0.818. The van der Waals surface area contributed by atoms with Gasteiger partial charge in [-0.2, -0.15) is 0 Å². The molecule has 0 fully saturated rings. The fourth-order valence-corrected chi connectivity index (χ4v) is 3.28. The number of ketones is 1. The lowest BCUT2D eigenvalue weighted by atomic mass is 10.1. The Bertz CT molecular complexity index is 893. The van der Waals surface area contributed by atoms with E-state index in [1.54, 1.807) is 17.1 Å². The van der Waals surface area contributed by atoms with E-state index in [0.29, 0.717) is 0 Å². The van der Waals surface area contributed by atoms with Crippen LogP contribution in [0.15, 0.2) is 59.7 Å². The molecule has 7 nitrogen and oxygen atoms in total. The number of anilines is 2. The van der Waals surface area contributed by atoms with E-state index in [9.17, 15) is 9.59 Å². The monoisotopic (exact) mass is 379 g/mol. The van der Waals surface area contributed by atoms with E-state index in [-0.39, 0.29) is 17.5 Å². The van der Waals surface area contributed by atoms with Crippen molar-refractivity contribution >= 4 is 28.9 Å². The average molecular weight is 379 g/mol. The molecule has 2 aromatic carbocycles. The fraction of sp³-hybridized carbons (Fsp3) is 0.286. The number of hydrazone groups is 1. The van der Waals surface area contributed by atoms with Gasteiger partial charge in [0.2, 0.25) is 11.7 Å². The Balaban J connectivity index is 2.18. The van der Waals surface area contributed by atoms with Gasteiger partial charge in [-0.3, -0.25) is 14.6 Å². The van der Waals surface area contributed by atoms with Crippen molar-refractivity contribution in [3.8, 4) is 0 Å². The lowest BCUT2D eigenvalue weighted by Gasteiger charge is -2.46. The van der Waals surface area contributed by atoms with E-state index in [1.807, 2.05) is 73.6 Å². The van der Waals surface area contributed by atoms with E-state index in [1.165, 1.54) is 18.9 Å². The molecular formula is C21H25N5O2. The zero-order valence-electron chi connectivity index (χ0n) is 16.8. The molecule has 0 N–H and O–H groups in total. The normalized spacial score (nSPS) is 16.7. The van der Waals surface area contributed by atoms with E-state index < -0.39 is 6.17 Å². The third kappa shape index (κ3) is 3.55. The van der Waals surface area contributed by atoms with E-state index in [2.05, 4.69) is 5.10 Å². The van der Waals surface area contributed by atoms with Gasteiger partial charge in [0.05, 0.1) is 5.69 Å². The average Bonchev–Trinajstić information content (AvgIpc) is 2.67.